The molecule has 2 N–H and O–H groups in total. The number of pyridine rings is 1. The number of anilines is 2. The van der Waals surface area contributed by atoms with Crippen molar-refractivity contribution < 1.29 is 9.47 Å². The highest BCUT2D eigenvalue weighted by molar-refractivity contribution is 5.77. The summed E-state index contributed by atoms with van der Waals surface area (Å²) in [5, 5.41) is 7.05. The third-order valence-electron chi connectivity index (χ3n) is 6.80. The molecule has 1 fully saturated rings. The Morgan fingerprint density at radius 2 is 1.73 bits per heavy atom. The largest absolute Gasteiger partial charge is 0.454 e. The molecule has 0 radical (unpaired) electrons. The molecule has 2 aromatic heterocycles. The first-order chi connectivity index (χ1) is 18.3. The lowest BCUT2D eigenvalue weighted by atomic mass is 10.0. The average Bonchev–Trinajstić information content (AvgIpc) is 3.42. The molecule has 1 saturated heterocycles. The maximum Gasteiger partial charge on any atom is 0.231 e. The van der Waals surface area contributed by atoms with E-state index in [0.717, 1.165) is 66.6 Å². The van der Waals surface area contributed by atoms with Crippen LogP contribution in [-0.4, -0.2) is 45.8 Å². The first kappa shape index (κ1) is 23.2. The second-order valence-corrected chi connectivity index (χ2v) is 9.38. The number of hydrogen-bond acceptors (Lipinski definition) is 8. The van der Waals surface area contributed by atoms with Crippen LogP contribution in [0.5, 0.6) is 11.5 Å². The highest BCUT2D eigenvalue weighted by Crippen LogP contribution is 2.38. The van der Waals surface area contributed by atoms with E-state index < -0.39 is 0 Å². The number of nitrogens with zero attached hydrogens (tertiary/aromatic N) is 4. The summed E-state index contributed by atoms with van der Waals surface area (Å²) in [7, 11) is 0. The van der Waals surface area contributed by atoms with E-state index in [2.05, 4.69) is 55.8 Å². The molecule has 4 aromatic rings. The molecule has 2 aliphatic rings. The van der Waals surface area contributed by atoms with Crippen LogP contribution in [0, 0.1) is 0 Å². The van der Waals surface area contributed by atoms with Gasteiger partial charge in [-0.3, -0.25) is 9.88 Å². The van der Waals surface area contributed by atoms with Gasteiger partial charge in [-0.15, -0.1) is 0 Å². The summed E-state index contributed by atoms with van der Waals surface area (Å²) in [6.45, 7) is 3.88. The Morgan fingerprint density at radius 1 is 0.892 bits per heavy atom. The van der Waals surface area contributed by atoms with E-state index in [9.17, 15) is 0 Å². The SMILES string of the molecule is c1ccc(CN2CCC(Nc3nc(NCc4ccccn4)ncc3-c3ccc4c(c3)OCO4)CC2)cc1. The van der Waals surface area contributed by atoms with Crippen molar-refractivity contribution in [3.63, 3.8) is 0 Å². The van der Waals surface area contributed by atoms with Gasteiger partial charge in [-0.1, -0.05) is 42.5 Å². The van der Waals surface area contributed by atoms with Crippen molar-refractivity contribution in [2.45, 2.75) is 32.0 Å². The summed E-state index contributed by atoms with van der Waals surface area (Å²) in [5.74, 6) is 2.90. The zero-order valence-corrected chi connectivity index (χ0v) is 20.6. The molecule has 2 aliphatic heterocycles. The van der Waals surface area contributed by atoms with Crippen molar-refractivity contribution >= 4 is 11.8 Å². The normalized spacial score (nSPS) is 15.5. The number of piperidine rings is 1. The van der Waals surface area contributed by atoms with Gasteiger partial charge in [-0.25, -0.2) is 4.98 Å². The topological polar surface area (TPSA) is 84.4 Å². The van der Waals surface area contributed by atoms with Crippen LogP contribution in [-0.2, 0) is 13.1 Å². The monoisotopic (exact) mass is 494 g/mol. The van der Waals surface area contributed by atoms with E-state index in [1.165, 1.54) is 5.56 Å². The maximum atomic E-state index is 5.61. The Bertz CT molecular complexity index is 1330. The molecule has 0 bridgehead atoms. The molecule has 0 atom stereocenters. The second-order valence-electron chi connectivity index (χ2n) is 9.38. The molecule has 0 aliphatic carbocycles. The fraction of sp³-hybridized carbons (Fsp3) is 0.276. The van der Waals surface area contributed by atoms with Gasteiger partial charge in [0.2, 0.25) is 12.7 Å². The summed E-state index contributed by atoms with van der Waals surface area (Å²) in [6.07, 6.45) is 5.76. The molecule has 0 spiro atoms. The van der Waals surface area contributed by atoms with Crippen molar-refractivity contribution in [1.82, 2.24) is 19.9 Å². The molecular formula is C29H30N6O2. The minimum Gasteiger partial charge on any atom is -0.454 e. The van der Waals surface area contributed by atoms with Crippen molar-refractivity contribution in [2.75, 3.05) is 30.5 Å². The molecular weight excluding hydrogens is 464 g/mol. The molecule has 2 aromatic carbocycles. The molecule has 8 heteroatoms. The molecule has 8 nitrogen and oxygen atoms in total. The molecule has 37 heavy (non-hydrogen) atoms. The third-order valence-corrected chi connectivity index (χ3v) is 6.80. The zero-order chi connectivity index (χ0) is 24.9. The minimum absolute atomic E-state index is 0.248. The average molecular weight is 495 g/mol. The summed E-state index contributed by atoms with van der Waals surface area (Å²) in [4.78, 5) is 16.4. The van der Waals surface area contributed by atoms with Crippen molar-refractivity contribution in [1.29, 1.82) is 0 Å². The van der Waals surface area contributed by atoms with Crippen molar-refractivity contribution in [2.24, 2.45) is 0 Å². The highest BCUT2D eigenvalue weighted by atomic mass is 16.7. The third kappa shape index (κ3) is 5.65. The predicted molar refractivity (Wildman–Crippen MR) is 144 cm³/mol. The van der Waals surface area contributed by atoms with Crippen LogP contribution in [0.25, 0.3) is 11.1 Å². The van der Waals surface area contributed by atoms with E-state index in [4.69, 9.17) is 14.5 Å². The number of ether oxygens (including phenoxy) is 2. The molecule has 0 amide bonds. The lowest BCUT2D eigenvalue weighted by molar-refractivity contribution is 0.174. The highest BCUT2D eigenvalue weighted by Gasteiger charge is 2.22. The predicted octanol–water partition coefficient (Wildman–Crippen LogP) is 4.96. The Kier molecular flexibility index (Phi) is 6.81. The van der Waals surface area contributed by atoms with E-state index in [-0.39, 0.29) is 6.79 Å². The van der Waals surface area contributed by atoms with Gasteiger partial charge in [0.05, 0.1) is 12.2 Å². The first-order valence-electron chi connectivity index (χ1n) is 12.7. The molecule has 188 valence electrons. The van der Waals surface area contributed by atoms with Gasteiger partial charge in [0.1, 0.15) is 5.82 Å². The number of hydrogen-bond donors (Lipinski definition) is 2. The van der Waals surface area contributed by atoms with E-state index >= 15 is 0 Å². The van der Waals surface area contributed by atoms with Crippen LogP contribution >= 0.6 is 0 Å². The quantitative estimate of drug-likeness (QED) is 0.356. The minimum atomic E-state index is 0.248. The lowest BCUT2D eigenvalue weighted by Crippen LogP contribution is -2.38. The van der Waals surface area contributed by atoms with Gasteiger partial charge >= 0.3 is 0 Å². The molecule has 0 unspecified atom stereocenters. The summed E-state index contributed by atoms with van der Waals surface area (Å²) in [6, 6.07) is 22.8. The number of nitrogens with one attached hydrogen (secondary N) is 2. The first-order valence-corrected chi connectivity index (χ1v) is 12.7. The number of rotatable bonds is 8. The van der Waals surface area contributed by atoms with Crippen molar-refractivity contribution in [3.8, 4) is 22.6 Å². The summed E-state index contributed by atoms with van der Waals surface area (Å²) >= 11 is 0. The van der Waals surface area contributed by atoms with E-state index in [1.807, 2.05) is 42.6 Å². The van der Waals surface area contributed by atoms with E-state index in [1.54, 1.807) is 6.20 Å². The van der Waals surface area contributed by atoms with Gasteiger partial charge < -0.3 is 20.1 Å². The number of aromatic nitrogens is 3. The maximum absolute atomic E-state index is 5.61. The number of likely N-dealkylation sites (tertiary alicyclic amines) is 1. The van der Waals surface area contributed by atoms with Crippen LogP contribution in [0.15, 0.2) is 79.1 Å². The van der Waals surface area contributed by atoms with Gasteiger partial charge in [-0.2, -0.15) is 4.98 Å². The van der Waals surface area contributed by atoms with Crippen LogP contribution in [0.2, 0.25) is 0 Å². The van der Waals surface area contributed by atoms with E-state index in [0.29, 0.717) is 18.5 Å². The Balaban J connectivity index is 1.19. The van der Waals surface area contributed by atoms with Crippen LogP contribution < -0.4 is 20.1 Å². The van der Waals surface area contributed by atoms with Crippen LogP contribution in [0.1, 0.15) is 24.1 Å². The Labute approximate surface area is 216 Å². The number of benzene rings is 2. The van der Waals surface area contributed by atoms with Crippen LogP contribution in [0.3, 0.4) is 0 Å². The fourth-order valence-electron chi connectivity index (χ4n) is 4.80. The molecule has 4 heterocycles. The fourth-order valence-corrected chi connectivity index (χ4v) is 4.80. The molecule has 6 rings (SSSR count). The summed E-state index contributed by atoms with van der Waals surface area (Å²) in [5.41, 5.74) is 4.22. The van der Waals surface area contributed by atoms with Crippen LogP contribution in [0.4, 0.5) is 11.8 Å². The van der Waals surface area contributed by atoms with Gasteiger partial charge in [0.25, 0.3) is 0 Å². The van der Waals surface area contributed by atoms with Crippen molar-refractivity contribution in [3.05, 3.63) is 90.4 Å². The van der Waals surface area contributed by atoms with Gasteiger partial charge in [-0.05, 0) is 48.2 Å². The Hall–Kier alpha value is -4.17. The second kappa shape index (κ2) is 10.8. The zero-order valence-electron chi connectivity index (χ0n) is 20.6. The van der Waals surface area contributed by atoms with Gasteiger partial charge in [0.15, 0.2) is 11.5 Å². The smallest absolute Gasteiger partial charge is 0.231 e. The lowest BCUT2D eigenvalue weighted by Gasteiger charge is -2.33. The van der Waals surface area contributed by atoms with Gasteiger partial charge in [0, 0.05) is 43.6 Å². The Morgan fingerprint density at radius 3 is 2.57 bits per heavy atom. The summed E-state index contributed by atoms with van der Waals surface area (Å²) < 4.78 is 11.1. The standard InChI is InChI=1S/C29H30N6O2/c1-2-6-21(7-3-1)19-35-14-11-23(12-15-35)33-28-25(22-9-10-26-27(16-22)37-20-36-26)18-32-29(34-28)31-17-24-8-4-5-13-30-24/h1-10,13,16,18,23H,11-12,14-15,17,19-20H2,(H2,31,32,33,34). The number of fused-ring (bicyclic) bond motifs is 1. The molecule has 0 saturated carbocycles.